The van der Waals surface area contributed by atoms with Gasteiger partial charge in [0.2, 0.25) is 0 Å². The molecule has 54 valence electrons. The molecule has 0 unspecified atom stereocenters. The molecular weight excluding hydrogens is 138 g/mol. The third-order valence-electron chi connectivity index (χ3n) is 2.21. The van der Waals surface area contributed by atoms with E-state index in [1.807, 2.05) is 0 Å². The van der Waals surface area contributed by atoms with Gasteiger partial charge in [0, 0.05) is 0 Å². The topological polar surface area (TPSA) is 0 Å². The Morgan fingerprint density at radius 1 is 1.18 bits per heavy atom. The van der Waals surface area contributed by atoms with Crippen LogP contribution in [0.15, 0.2) is 12.1 Å². The standard InChI is InChI=1S/C9H8BF/c10-8-4-6-2-1-3-7(6)5-9(8)11/h4-5H,1-3H2. The van der Waals surface area contributed by atoms with Crippen molar-refractivity contribution in [2.24, 2.45) is 0 Å². The van der Waals surface area contributed by atoms with E-state index in [0.29, 0.717) is 0 Å². The van der Waals surface area contributed by atoms with Crippen molar-refractivity contribution in [2.75, 3.05) is 0 Å². The molecule has 1 aliphatic carbocycles. The number of fused-ring (bicyclic) bond motifs is 1. The van der Waals surface area contributed by atoms with E-state index in [-0.39, 0.29) is 11.3 Å². The quantitative estimate of drug-likeness (QED) is 0.481. The summed E-state index contributed by atoms with van der Waals surface area (Å²) in [6.45, 7) is 0. The predicted molar refractivity (Wildman–Crippen MR) is 43.8 cm³/mol. The minimum atomic E-state index is -0.273. The summed E-state index contributed by atoms with van der Waals surface area (Å²) in [7, 11) is 5.42. The second kappa shape index (κ2) is 2.37. The molecule has 2 rings (SSSR count). The predicted octanol–water partition coefficient (Wildman–Crippen LogP) is 1.11. The SMILES string of the molecule is [B]c1cc2c(cc1F)CCC2. The number of hydrogen-bond donors (Lipinski definition) is 0. The zero-order valence-electron chi connectivity index (χ0n) is 6.23. The van der Waals surface area contributed by atoms with Crippen molar-refractivity contribution < 1.29 is 4.39 Å². The fourth-order valence-corrected chi connectivity index (χ4v) is 1.61. The highest BCUT2D eigenvalue weighted by Gasteiger charge is 2.12. The summed E-state index contributed by atoms with van der Waals surface area (Å²) in [4.78, 5) is 0. The summed E-state index contributed by atoms with van der Waals surface area (Å²) < 4.78 is 12.8. The number of aryl methyl sites for hydroxylation is 2. The molecule has 0 saturated heterocycles. The van der Waals surface area contributed by atoms with Gasteiger partial charge in [-0.2, -0.15) is 0 Å². The average molecular weight is 146 g/mol. The molecule has 1 aliphatic rings. The molecule has 0 heterocycles. The van der Waals surface area contributed by atoms with E-state index < -0.39 is 0 Å². The van der Waals surface area contributed by atoms with Gasteiger partial charge in [0.1, 0.15) is 13.7 Å². The summed E-state index contributed by atoms with van der Waals surface area (Å²) in [6.07, 6.45) is 3.20. The van der Waals surface area contributed by atoms with Crippen LogP contribution < -0.4 is 5.46 Å². The molecule has 0 amide bonds. The fourth-order valence-electron chi connectivity index (χ4n) is 1.61. The van der Waals surface area contributed by atoms with E-state index in [1.54, 1.807) is 12.1 Å². The van der Waals surface area contributed by atoms with Crippen molar-refractivity contribution in [3.05, 3.63) is 29.1 Å². The van der Waals surface area contributed by atoms with Gasteiger partial charge >= 0.3 is 0 Å². The van der Waals surface area contributed by atoms with Gasteiger partial charge in [-0.1, -0.05) is 11.5 Å². The summed E-state index contributed by atoms with van der Waals surface area (Å²) in [5, 5.41) is 0. The maximum Gasteiger partial charge on any atom is 0.117 e. The highest BCUT2D eigenvalue weighted by molar-refractivity contribution is 6.32. The number of halogens is 1. The Balaban J connectivity index is 2.57. The van der Waals surface area contributed by atoms with Crippen LogP contribution in [0.4, 0.5) is 4.39 Å². The maximum atomic E-state index is 12.8. The second-order valence-corrected chi connectivity index (χ2v) is 3.00. The average Bonchev–Trinajstić information content (AvgIpc) is 2.36. The minimum Gasteiger partial charge on any atom is -0.208 e. The fraction of sp³-hybridized carbons (Fsp3) is 0.333. The Labute approximate surface area is 66.8 Å². The Bertz CT molecular complexity index is 265. The maximum absolute atomic E-state index is 12.8. The molecule has 2 radical (unpaired) electrons. The van der Waals surface area contributed by atoms with Crippen molar-refractivity contribution in [3.63, 3.8) is 0 Å². The molecule has 0 nitrogen and oxygen atoms in total. The van der Waals surface area contributed by atoms with Crippen LogP contribution in [0.2, 0.25) is 0 Å². The lowest BCUT2D eigenvalue weighted by Crippen LogP contribution is -2.09. The summed E-state index contributed by atoms with van der Waals surface area (Å²) in [6, 6.07) is 3.33. The summed E-state index contributed by atoms with van der Waals surface area (Å²) in [5.74, 6) is -0.273. The van der Waals surface area contributed by atoms with E-state index >= 15 is 0 Å². The van der Waals surface area contributed by atoms with Crippen molar-refractivity contribution in [1.82, 2.24) is 0 Å². The molecular formula is C9H8BF. The molecule has 0 atom stereocenters. The first-order valence-electron chi connectivity index (χ1n) is 3.84. The van der Waals surface area contributed by atoms with E-state index in [9.17, 15) is 4.39 Å². The monoisotopic (exact) mass is 146 g/mol. The Morgan fingerprint density at radius 2 is 1.82 bits per heavy atom. The van der Waals surface area contributed by atoms with E-state index in [0.717, 1.165) is 24.8 Å². The molecule has 0 aromatic heterocycles. The van der Waals surface area contributed by atoms with Crippen molar-refractivity contribution in [3.8, 4) is 0 Å². The summed E-state index contributed by atoms with van der Waals surface area (Å²) >= 11 is 0. The largest absolute Gasteiger partial charge is 0.208 e. The molecule has 1 aromatic carbocycles. The van der Waals surface area contributed by atoms with Crippen molar-refractivity contribution in [1.29, 1.82) is 0 Å². The molecule has 0 N–H and O–H groups in total. The van der Waals surface area contributed by atoms with Crippen LogP contribution in [0.3, 0.4) is 0 Å². The van der Waals surface area contributed by atoms with Gasteiger partial charge in [-0.05, 0) is 36.5 Å². The van der Waals surface area contributed by atoms with Crippen LogP contribution in [0.1, 0.15) is 17.5 Å². The lowest BCUT2D eigenvalue weighted by atomic mass is 9.92. The van der Waals surface area contributed by atoms with Gasteiger partial charge in [-0.25, -0.2) is 4.39 Å². The molecule has 0 aliphatic heterocycles. The van der Waals surface area contributed by atoms with Crippen LogP contribution in [0.5, 0.6) is 0 Å². The van der Waals surface area contributed by atoms with Crippen LogP contribution in [-0.2, 0) is 12.8 Å². The summed E-state index contributed by atoms with van der Waals surface area (Å²) in [5.41, 5.74) is 2.64. The molecule has 1 aromatic rings. The van der Waals surface area contributed by atoms with Gasteiger partial charge in [0.25, 0.3) is 0 Å². The normalized spacial score (nSPS) is 15.0. The van der Waals surface area contributed by atoms with Gasteiger partial charge in [-0.15, -0.1) is 0 Å². The molecule has 0 spiro atoms. The number of benzene rings is 1. The highest BCUT2D eigenvalue weighted by atomic mass is 19.1. The third-order valence-corrected chi connectivity index (χ3v) is 2.21. The smallest absolute Gasteiger partial charge is 0.117 e. The molecule has 11 heavy (non-hydrogen) atoms. The Kier molecular flexibility index (Phi) is 1.48. The van der Waals surface area contributed by atoms with Crippen LogP contribution in [-0.4, -0.2) is 7.85 Å². The van der Waals surface area contributed by atoms with Gasteiger partial charge in [-0.3, -0.25) is 0 Å². The Morgan fingerprint density at radius 3 is 2.55 bits per heavy atom. The molecule has 2 heteroatoms. The van der Waals surface area contributed by atoms with Crippen molar-refractivity contribution in [2.45, 2.75) is 19.3 Å². The van der Waals surface area contributed by atoms with Gasteiger partial charge in [0.05, 0.1) is 0 Å². The molecule has 0 bridgehead atoms. The first-order chi connectivity index (χ1) is 5.27. The first-order valence-corrected chi connectivity index (χ1v) is 3.84. The van der Waals surface area contributed by atoms with Gasteiger partial charge < -0.3 is 0 Å². The molecule has 0 saturated carbocycles. The third kappa shape index (κ3) is 1.07. The zero-order chi connectivity index (χ0) is 7.84. The van der Waals surface area contributed by atoms with Crippen LogP contribution in [0, 0.1) is 5.82 Å². The number of rotatable bonds is 0. The zero-order valence-corrected chi connectivity index (χ0v) is 6.23. The van der Waals surface area contributed by atoms with Crippen molar-refractivity contribution >= 4 is 13.3 Å². The lowest BCUT2D eigenvalue weighted by molar-refractivity contribution is 0.634. The first kappa shape index (κ1) is 6.90. The van der Waals surface area contributed by atoms with Crippen LogP contribution in [0.25, 0.3) is 0 Å². The van der Waals surface area contributed by atoms with E-state index in [4.69, 9.17) is 7.85 Å². The van der Waals surface area contributed by atoms with Crippen LogP contribution >= 0.6 is 0 Å². The number of hydrogen-bond acceptors (Lipinski definition) is 0. The molecule has 0 fully saturated rings. The van der Waals surface area contributed by atoms with E-state index in [2.05, 4.69) is 0 Å². The highest BCUT2D eigenvalue weighted by Crippen LogP contribution is 2.20. The minimum absolute atomic E-state index is 0.273. The van der Waals surface area contributed by atoms with E-state index in [1.165, 1.54) is 5.56 Å². The van der Waals surface area contributed by atoms with Gasteiger partial charge in [0.15, 0.2) is 0 Å². The lowest BCUT2D eigenvalue weighted by Gasteiger charge is -2.01. The second-order valence-electron chi connectivity index (χ2n) is 3.00. The Hall–Kier alpha value is -0.785.